The molecule has 0 saturated heterocycles. The van der Waals surface area contributed by atoms with Crippen LogP contribution in [0.3, 0.4) is 0 Å². The van der Waals surface area contributed by atoms with E-state index in [0.717, 1.165) is 45.8 Å². The first kappa shape index (κ1) is 35.5. The van der Waals surface area contributed by atoms with Gasteiger partial charge in [-0.15, -0.1) is 0 Å². The molecule has 0 amide bonds. The predicted octanol–water partition coefficient (Wildman–Crippen LogP) is 12.8. The van der Waals surface area contributed by atoms with Crippen LogP contribution >= 0.6 is 0 Å². The van der Waals surface area contributed by atoms with Gasteiger partial charge in [0.2, 0.25) is 0 Å². The first-order valence-electron chi connectivity index (χ1n) is 19.1. The van der Waals surface area contributed by atoms with E-state index in [1.807, 2.05) is 97.6 Å². The molecular weight excluding hydrogens is 713 g/mol. The molecule has 57 heavy (non-hydrogen) atoms. The number of hydrogen-bond acceptors (Lipinski definition) is 6. The molecule has 8 aromatic rings. The molecule has 1 aliphatic rings. The predicted molar refractivity (Wildman–Crippen MR) is 238 cm³/mol. The van der Waals surface area contributed by atoms with Gasteiger partial charge in [0.25, 0.3) is 0 Å². The molecule has 274 valence electrons. The van der Waals surface area contributed by atoms with Gasteiger partial charge in [-0.25, -0.2) is 19.9 Å². The Morgan fingerprint density at radius 1 is 0.316 bits per heavy atom. The fourth-order valence-corrected chi connectivity index (χ4v) is 10.7. The Bertz CT molecular complexity index is 2380. The van der Waals surface area contributed by atoms with E-state index in [-0.39, 0.29) is 0 Å². The van der Waals surface area contributed by atoms with E-state index in [1.54, 1.807) is 0 Å². The Morgan fingerprint density at radius 3 is 0.842 bits per heavy atom. The molecule has 5 heterocycles. The summed E-state index contributed by atoms with van der Waals surface area (Å²) in [6, 6.07) is 59.1. The fraction of sp³-hybridized carbons (Fsp3) is 0.0400. The van der Waals surface area contributed by atoms with Crippen LogP contribution in [0.5, 0.6) is 0 Å². The summed E-state index contributed by atoms with van der Waals surface area (Å²) in [5, 5.41) is 2.90. The van der Waals surface area contributed by atoms with E-state index in [2.05, 4.69) is 152 Å². The van der Waals surface area contributed by atoms with E-state index in [1.165, 1.54) is 32.6 Å². The van der Waals surface area contributed by atoms with Gasteiger partial charge in [0.05, 0.1) is 0 Å². The van der Waals surface area contributed by atoms with Crippen molar-refractivity contribution in [2.24, 2.45) is 0 Å². The van der Waals surface area contributed by atoms with Crippen molar-refractivity contribution in [3.8, 4) is 22.3 Å². The van der Waals surface area contributed by atoms with Crippen LogP contribution in [0.1, 0.15) is 11.1 Å². The molecule has 7 heteroatoms. The number of pyridine rings is 4. The van der Waals surface area contributed by atoms with Crippen molar-refractivity contribution < 1.29 is 0 Å². The minimum atomic E-state index is -1.96. The van der Waals surface area contributed by atoms with Gasteiger partial charge in [-0.05, 0) is 117 Å². The van der Waals surface area contributed by atoms with Crippen LogP contribution in [0.2, 0.25) is 13.1 Å². The lowest BCUT2D eigenvalue weighted by Gasteiger charge is -2.26. The summed E-state index contributed by atoms with van der Waals surface area (Å²) in [7, 11) is -1.96. The summed E-state index contributed by atoms with van der Waals surface area (Å²) in [5.74, 6) is 3.30. The molecule has 9 rings (SSSR count). The van der Waals surface area contributed by atoms with Crippen LogP contribution in [0, 0.1) is 0 Å². The van der Waals surface area contributed by atoms with Gasteiger partial charge in [-0.3, -0.25) is 9.80 Å². The minimum absolute atomic E-state index is 0.825. The third kappa shape index (κ3) is 7.20. The molecule has 6 nitrogen and oxygen atoms in total. The van der Waals surface area contributed by atoms with E-state index < -0.39 is 8.07 Å². The number of anilines is 6. The van der Waals surface area contributed by atoms with E-state index >= 15 is 0 Å². The topological polar surface area (TPSA) is 58.0 Å². The van der Waals surface area contributed by atoms with Gasteiger partial charge in [0.1, 0.15) is 31.3 Å². The minimum Gasteiger partial charge on any atom is -0.279 e. The molecule has 0 bridgehead atoms. The number of rotatable bonds is 10. The lowest BCUT2D eigenvalue weighted by molar-refractivity contribution is 1.12. The Morgan fingerprint density at radius 2 is 0.579 bits per heavy atom. The number of allylic oxidation sites excluding steroid dienone is 2. The van der Waals surface area contributed by atoms with Crippen molar-refractivity contribution in [3.63, 3.8) is 0 Å². The van der Waals surface area contributed by atoms with Crippen molar-refractivity contribution in [1.82, 2.24) is 19.9 Å². The Hall–Kier alpha value is -7.22. The zero-order valence-electron chi connectivity index (χ0n) is 31.8. The molecular formula is C50H40N6Si. The summed E-state index contributed by atoms with van der Waals surface area (Å²) in [6.45, 7) is 4.92. The largest absolute Gasteiger partial charge is 0.279 e. The van der Waals surface area contributed by atoms with Gasteiger partial charge in [0, 0.05) is 36.2 Å². The van der Waals surface area contributed by atoms with Crippen molar-refractivity contribution >= 4 is 53.1 Å². The quantitative estimate of drug-likeness (QED) is 0.130. The lowest BCUT2D eigenvalue weighted by Crippen LogP contribution is -2.28. The van der Waals surface area contributed by atoms with Crippen molar-refractivity contribution in [2.75, 3.05) is 9.80 Å². The highest BCUT2D eigenvalue weighted by molar-refractivity contribution is 7.09. The highest BCUT2D eigenvalue weighted by Gasteiger charge is 2.35. The van der Waals surface area contributed by atoms with Crippen LogP contribution in [0.4, 0.5) is 34.6 Å². The molecule has 0 unspecified atom stereocenters. The zero-order valence-corrected chi connectivity index (χ0v) is 32.8. The van der Waals surface area contributed by atoms with E-state index in [4.69, 9.17) is 0 Å². The zero-order chi connectivity index (χ0) is 38.6. The Labute approximate surface area is 334 Å². The summed E-state index contributed by atoms with van der Waals surface area (Å²) < 4.78 is 0. The van der Waals surface area contributed by atoms with Crippen LogP contribution in [-0.2, 0) is 0 Å². The molecule has 0 radical (unpaired) electrons. The fourth-order valence-electron chi connectivity index (χ4n) is 7.64. The first-order chi connectivity index (χ1) is 28.0. The molecule has 4 aromatic carbocycles. The second-order valence-electron chi connectivity index (χ2n) is 14.5. The van der Waals surface area contributed by atoms with Crippen molar-refractivity contribution in [2.45, 2.75) is 13.1 Å². The molecule has 0 spiro atoms. The maximum Gasteiger partial charge on any atom is 0.138 e. The van der Waals surface area contributed by atoms with Gasteiger partial charge in [-0.1, -0.05) is 122 Å². The maximum atomic E-state index is 4.61. The maximum absolute atomic E-state index is 4.61. The van der Waals surface area contributed by atoms with Crippen molar-refractivity contribution in [3.05, 3.63) is 218 Å². The van der Waals surface area contributed by atoms with Crippen molar-refractivity contribution in [1.29, 1.82) is 0 Å². The monoisotopic (exact) mass is 752 g/mol. The molecule has 4 aromatic heterocycles. The standard InChI is InChI=1S/C50H40N6Si/c1-57(2)45(41-19-15-37(16-20-41)39-23-27-43(28-24-39)55(47-11-3-7-33-51-47)48-12-4-8-34-52-48)31-32-46(57)42-21-17-38(18-22-42)40-25-29-44(30-26-40)56(49-13-5-9-35-53-49)50-14-6-10-36-54-50/h3-36H,1-2H3. The van der Waals surface area contributed by atoms with E-state index in [9.17, 15) is 0 Å². The molecule has 0 fully saturated rings. The lowest BCUT2D eigenvalue weighted by atomic mass is 10.0. The molecule has 0 atom stereocenters. The average molecular weight is 753 g/mol. The number of nitrogens with zero attached hydrogens (tertiary/aromatic N) is 6. The molecule has 0 saturated carbocycles. The number of aromatic nitrogens is 4. The summed E-state index contributed by atoms with van der Waals surface area (Å²) >= 11 is 0. The third-order valence-electron chi connectivity index (χ3n) is 10.6. The van der Waals surface area contributed by atoms with Gasteiger partial charge >= 0.3 is 0 Å². The Kier molecular flexibility index (Phi) is 9.64. The average Bonchev–Trinajstić information content (AvgIpc) is 3.60. The Balaban J connectivity index is 0.893. The normalized spacial score (nSPS) is 13.1. The van der Waals surface area contributed by atoms with Gasteiger partial charge in [0.15, 0.2) is 0 Å². The number of hydrogen-bond donors (Lipinski definition) is 0. The summed E-state index contributed by atoms with van der Waals surface area (Å²) in [5.41, 5.74) is 9.28. The second kappa shape index (κ2) is 15.5. The molecule has 0 N–H and O–H groups in total. The highest BCUT2D eigenvalue weighted by Crippen LogP contribution is 2.43. The molecule has 0 aliphatic carbocycles. The first-order valence-corrected chi connectivity index (χ1v) is 22.1. The van der Waals surface area contributed by atoms with Crippen LogP contribution in [0.25, 0.3) is 32.6 Å². The molecule has 1 aliphatic heterocycles. The SMILES string of the molecule is C[Si]1(C)C(c2ccc(-c3ccc(N(c4ccccn4)c4ccccn4)cc3)cc2)=CC=C1c1ccc(-c2ccc(N(c3ccccn3)c3ccccn3)cc2)cc1. The number of benzene rings is 4. The smallest absolute Gasteiger partial charge is 0.138 e. The van der Waals surface area contributed by atoms with Crippen LogP contribution in [-0.4, -0.2) is 28.0 Å². The van der Waals surface area contributed by atoms with Crippen LogP contribution < -0.4 is 9.80 Å². The van der Waals surface area contributed by atoms with E-state index in [0.29, 0.717) is 0 Å². The highest BCUT2D eigenvalue weighted by atomic mass is 28.3. The van der Waals surface area contributed by atoms with Gasteiger partial charge < -0.3 is 0 Å². The third-order valence-corrected chi connectivity index (χ3v) is 14.2. The van der Waals surface area contributed by atoms with Crippen LogP contribution in [0.15, 0.2) is 207 Å². The van der Waals surface area contributed by atoms with Gasteiger partial charge in [-0.2, -0.15) is 0 Å². The summed E-state index contributed by atoms with van der Waals surface area (Å²) in [4.78, 5) is 22.6. The second-order valence-corrected chi connectivity index (χ2v) is 18.8. The summed E-state index contributed by atoms with van der Waals surface area (Å²) in [6.07, 6.45) is 11.9.